The van der Waals surface area contributed by atoms with Crippen LogP contribution >= 0.6 is 11.3 Å². The maximum atomic E-state index is 12.3. The van der Waals surface area contributed by atoms with Crippen molar-refractivity contribution in [3.05, 3.63) is 41.3 Å². The lowest BCUT2D eigenvalue weighted by molar-refractivity contribution is -0.117. The van der Waals surface area contributed by atoms with Crippen molar-refractivity contribution < 1.29 is 14.3 Å². The molecule has 1 aliphatic heterocycles. The van der Waals surface area contributed by atoms with E-state index in [1.165, 1.54) is 11.3 Å². The number of carbonyl (C=O) groups excluding carboxylic acids is 2. The third-order valence-electron chi connectivity index (χ3n) is 4.35. The highest BCUT2D eigenvalue weighted by Gasteiger charge is 2.21. The van der Waals surface area contributed by atoms with Gasteiger partial charge in [-0.05, 0) is 23.6 Å². The van der Waals surface area contributed by atoms with Crippen LogP contribution in [0, 0.1) is 0 Å². The molecule has 0 radical (unpaired) electrons. The maximum Gasteiger partial charge on any atom is 0.251 e. The second kappa shape index (κ2) is 8.20. The minimum atomic E-state index is -0.535. The first kappa shape index (κ1) is 18.2. The molecule has 1 fully saturated rings. The van der Waals surface area contributed by atoms with Crippen molar-refractivity contribution in [1.82, 2.24) is 4.90 Å². The van der Waals surface area contributed by atoms with Crippen molar-refractivity contribution in [3.63, 3.8) is 0 Å². The number of anilines is 2. The SMILES string of the molecule is COc1ccccc1N1CCN(CC(=O)Nc2sccc2C(N)=O)CC1. The Morgan fingerprint density at radius 2 is 1.92 bits per heavy atom. The van der Waals surface area contributed by atoms with Gasteiger partial charge >= 0.3 is 0 Å². The van der Waals surface area contributed by atoms with E-state index in [9.17, 15) is 9.59 Å². The number of methoxy groups -OCH3 is 1. The van der Waals surface area contributed by atoms with Gasteiger partial charge in [0, 0.05) is 26.2 Å². The van der Waals surface area contributed by atoms with E-state index in [-0.39, 0.29) is 12.5 Å². The Balaban J connectivity index is 1.53. The Labute approximate surface area is 156 Å². The molecule has 2 aromatic rings. The minimum Gasteiger partial charge on any atom is -0.495 e. The third-order valence-corrected chi connectivity index (χ3v) is 5.18. The number of hydrogen-bond acceptors (Lipinski definition) is 6. The van der Waals surface area contributed by atoms with Crippen LogP contribution in [-0.2, 0) is 4.79 Å². The summed E-state index contributed by atoms with van der Waals surface area (Å²) in [4.78, 5) is 28.0. The molecule has 8 heteroatoms. The Morgan fingerprint density at radius 3 is 2.62 bits per heavy atom. The van der Waals surface area contributed by atoms with Crippen LogP contribution in [0.4, 0.5) is 10.7 Å². The van der Waals surface area contributed by atoms with Crippen LogP contribution in [0.15, 0.2) is 35.7 Å². The van der Waals surface area contributed by atoms with E-state index in [0.29, 0.717) is 10.6 Å². The van der Waals surface area contributed by atoms with Gasteiger partial charge in [0.25, 0.3) is 5.91 Å². The second-order valence-corrected chi connectivity index (χ2v) is 6.93. The first-order valence-corrected chi connectivity index (χ1v) is 9.24. The summed E-state index contributed by atoms with van der Waals surface area (Å²) in [6.07, 6.45) is 0. The lowest BCUT2D eigenvalue weighted by Crippen LogP contribution is -2.48. The Bertz CT molecular complexity index is 784. The summed E-state index contributed by atoms with van der Waals surface area (Å²) in [5, 5.41) is 5.03. The lowest BCUT2D eigenvalue weighted by Gasteiger charge is -2.36. The van der Waals surface area contributed by atoms with E-state index in [2.05, 4.69) is 15.1 Å². The number of carbonyl (C=O) groups is 2. The lowest BCUT2D eigenvalue weighted by atomic mass is 10.2. The van der Waals surface area contributed by atoms with E-state index < -0.39 is 5.91 Å². The Kier molecular flexibility index (Phi) is 5.75. The molecule has 0 unspecified atom stereocenters. The summed E-state index contributed by atoms with van der Waals surface area (Å²) in [5.41, 5.74) is 6.73. The predicted molar refractivity (Wildman–Crippen MR) is 103 cm³/mol. The fourth-order valence-corrected chi connectivity index (χ4v) is 3.82. The number of nitrogens with zero attached hydrogens (tertiary/aromatic N) is 2. The maximum absolute atomic E-state index is 12.3. The van der Waals surface area contributed by atoms with Crippen molar-refractivity contribution in [2.75, 3.05) is 50.1 Å². The van der Waals surface area contributed by atoms with E-state index >= 15 is 0 Å². The molecule has 7 nitrogen and oxygen atoms in total. The average Bonchev–Trinajstić information content (AvgIpc) is 3.10. The minimum absolute atomic E-state index is 0.138. The molecule has 0 bridgehead atoms. The molecular weight excluding hydrogens is 352 g/mol. The summed E-state index contributed by atoms with van der Waals surface area (Å²) in [5.74, 6) is 0.183. The van der Waals surface area contributed by atoms with Gasteiger partial charge in [0.1, 0.15) is 10.8 Å². The van der Waals surface area contributed by atoms with Gasteiger partial charge in [-0.2, -0.15) is 0 Å². The highest BCUT2D eigenvalue weighted by atomic mass is 32.1. The smallest absolute Gasteiger partial charge is 0.251 e. The number of ether oxygens (including phenoxy) is 1. The van der Waals surface area contributed by atoms with E-state index in [0.717, 1.165) is 37.6 Å². The highest BCUT2D eigenvalue weighted by molar-refractivity contribution is 7.14. The zero-order valence-electron chi connectivity index (χ0n) is 14.6. The van der Waals surface area contributed by atoms with E-state index in [4.69, 9.17) is 10.5 Å². The van der Waals surface area contributed by atoms with Crippen molar-refractivity contribution in [2.24, 2.45) is 5.73 Å². The fraction of sp³-hybridized carbons (Fsp3) is 0.333. The summed E-state index contributed by atoms with van der Waals surface area (Å²) < 4.78 is 5.42. The number of nitrogens with one attached hydrogen (secondary N) is 1. The van der Waals surface area contributed by atoms with Gasteiger partial charge in [0.05, 0.1) is 24.9 Å². The first-order chi connectivity index (χ1) is 12.6. The number of rotatable bonds is 6. The summed E-state index contributed by atoms with van der Waals surface area (Å²) in [6, 6.07) is 9.56. The number of nitrogens with two attached hydrogens (primary N) is 1. The molecule has 1 saturated heterocycles. The van der Waals surface area contributed by atoms with Gasteiger partial charge < -0.3 is 20.7 Å². The number of amides is 2. The largest absolute Gasteiger partial charge is 0.495 e. The predicted octanol–water partition coefficient (Wildman–Crippen LogP) is 1.62. The Morgan fingerprint density at radius 1 is 1.19 bits per heavy atom. The van der Waals surface area contributed by atoms with Crippen LogP contribution in [0.2, 0.25) is 0 Å². The van der Waals surface area contributed by atoms with E-state index in [1.54, 1.807) is 18.6 Å². The second-order valence-electron chi connectivity index (χ2n) is 6.01. The van der Waals surface area contributed by atoms with Gasteiger partial charge in [-0.25, -0.2) is 0 Å². The van der Waals surface area contributed by atoms with Crippen molar-refractivity contribution in [3.8, 4) is 5.75 Å². The normalized spacial score (nSPS) is 14.9. The van der Waals surface area contributed by atoms with Crippen LogP contribution in [0.25, 0.3) is 0 Å². The molecule has 1 aliphatic rings. The van der Waals surface area contributed by atoms with Crippen molar-refractivity contribution in [1.29, 1.82) is 0 Å². The molecule has 1 aromatic heterocycles. The molecule has 2 amide bonds. The van der Waals surface area contributed by atoms with Gasteiger partial charge in [0.15, 0.2) is 0 Å². The number of para-hydroxylation sites is 2. The van der Waals surface area contributed by atoms with Gasteiger partial charge in [-0.15, -0.1) is 11.3 Å². The average molecular weight is 374 g/mol. The molecule has 0 spiro atoms. The summed E-state index contributed by atoms with van der Waals surface area (Å²) in [7, 11) is 1.67. The first-order valence-electron chi connectivity index (χ1n) is 8.36. The quantitative estimate of drug-likeness (QED) is 0.802. The molecule has 0 atom stereocenters. The molecule has 3 rings (SSSR count). The van der Waals surface area contributed by atoms with Gasteiger partial charge in [-0.1, -0.05) is 12.1 Å². The number of piperazine rings is 1. The zero-order chi connectivity index (χ0) is 18.5. The van der Waals surface area contributed by atoms with Crippen molar-refractivity contribution in [2.45, 2.75) is 0 Å². The van der Waals surface area contributed by atoms with Crippen LogP contribution in [0.5, 0.6) is 5.75 Å². The van der Waals surface area contributed by atoms with Crippen LogP contribution < -0.4 is 20.7 Å². The van der Waals surface area contributed by atoms with Crippen LogP contribution in [-0.4, -0.2) is 56.5 Å². The molecule has 3 N–H and O–H groups in total. The highest BCUT2D eigenvalue weighted by Crippen LogP contribution is 2.28. The molecule has 1 aromatic carbocycles. The molecule has 2 heterocycles. The van der Waals surface area contributed by atoms with Crippen LogP contribution in [0.3, 0.4) is 0 Å². The third kappa shape index (κ3) is 4.14. The number of thiophene rings is 1. The van der Waals surface area contributed by atoms with Crippen LogP contribution in [0.1, 0.15) is 10.4 Å². The standard InChI is InChI=1S/C18H22N4O3S/c1-25-15-5-3-2-4-14(15)22-9-7-21(8-10-22)12-16(23)20-18-13(17(19)24)6-11-26-18/h2-6,11H,7-10,12H2,1H3,(H2,19,24)(H,20,23). The molecule has 0 saturated carbocycles. The molecular formula is C18H22N4O3S. The summed E-state index contributed by atoms with van der Waals surface area (Å²) in [6.45, 7) is 3.48. The number of primary amides is 1. The van der Waals surface area contributed by atoms with Gasteiger partial charge in [0.2, 0.25) is 5.91 Å². The fourth-order valence-electron chi connectivity index (χ4n) is 3.01. The topological polar surface area (TPSA) is 87.9 Å². The number of hydrogen-bond donors (Lipinski definition) is 2. The molecule has 26 heavy (non-hydrogen) atoms. The van der Waals surface area contributed by atoms with Crippen molar-refractivity contribution >= 4 is 33.8 Å². The zero-order valence-corrected chi connectivity index (χ0v) is 15.4. The Hall–Kier alpha value is -2.58. The monoisotopic (exact) mass is 374 g/mol. The van der Waals surface area contributed by atoms with E-state index in [1.807, 2.05) is 24.3 Å². The number of benzene rings is 1. The molecule has 0 aliphatic carbocycles. The molecule has 138 valence electrons. The van der Waals surface area contributed by atoms with Gasteiger partial charge in [-0.3, -0.25) is 14.5 Å². The summed E-state index contributed by atoms with van der Waals surface area (Å²) >= 11 is 1.30.